The average Bonchev–Trinajstić information content (AvgIpc) is 2.99. The van der Waals surface area contributed by atoms with Crippen LogP contribution in [0.1, 0.15) is 41.9 Å². The van der Waals surface area contributed by atoms with E-state index in [-0.39, 0.29) is 24.6 Å². The third kappa shape index (κ3) is 6.25. The smallest absolute Gasteiger partial charge is 0.317 e. The normalized spacial score (nSPS) is 20.6. The average molecular weight is 543 g/mol. The number of Topliss-reactive ketones (excluding diaryl/α,β-unsaturated/α-hetero) is 1. The van der Waals surface area contributed by atoms with E-state index in [0.29, 0.717) is 22.8 Å². The molecule has 0 bridgehead atoms. The SMILES string of the molecule is CCOC(=O)[C@@H]1C(=O)C[C@@H](c2ccc(OC)cc2)[C@@H](C(=O)/C=C/c2ccc(OC)cc2)[C@H]1c1ccc(OC)cc1. The molecule has 0 aliphatic heterocycles. The van der Waals surface area contributed by atoms with Crippen LogP contribution in [0.4, 0.5) is 0 Å². The first-order chi connectivity index (χ1) is 19.4. The minimum atomic E-state index is -1.11. The zero-order chi connectivity index (χ0) is 28.6. The molecule has 0 heterocycles. The lowest BCUT2D eigenvalue weighted by atomic mass is 9.60. The second-order valence-electron chi connectivity index (χ2n) is 9.61. The lowest BCUT2D eigenvalue weighted by molar-refractivity contribution is -0.155. The van der Waals surface area contributed by atoms with Crippen molar-refractivity contribution >= 4 is 23.6 Å². The van der Waals surface area contributed by atoms with Crippen molar-refractivity contribution in [1.82, 2.24) is 0 Å². The fraction of sp³-hybridized carbons (Fsp3) is 0.303. The Morgan fingerprint density at radius 2 is 1.27 bits per heavy atom. The van der Waals surface area contributed by atoms with Crippen LogP contribution in [0.25, 0.3) is 6.08 Å². The van der Waals surface area contributed by atoms with Crippen LogP contribution >= 0.6 is 0 Å². The molecule has 0 N–H and O–H groups in total. The number of ether oxygens (including phenoxy) is 4. The topological polar surface area (TPSA) is 88.1 Å². The van der Waals surface area contributed by atoms with Crippen LogP contribution in [0.3, 0.4) is 0 Å². The maximum atomic E-state index is 14.1. The van der Waals surface area contributed by atoms with E-state index in [9.17, 15) is 14.4 Å². The lowest BCUT2D eigenvalue weighted by Crippen LogP contribution is -2.45. The van der Waals surface area contributed by atoms with Crippen molar-refractivity contribution in [2.75, 3.05) is 27.9 Å². The molecule has 0 spiro atoms. The van der Waals surface area contributed by atoms with Gasteiger partial charge in [0.2, 0.25) is 0 Å². The number of rotatable bonds is 10. The standard InChI is InChI=1S/C33H34O7/c1-5-40-33(36)32-29(35)20-27(22-9-15-25(38-3)16-10-22)31(30(32)23-11-17-26(39-4)18-12-23)28(34)19-8-21-6-13-24(37-2)14-7-21/h6-19,27,30-32H,5,20H2,1-4H3/b19-8+/t27-,30+,31-,32+/m0/s1. The summed E-state index contributed by atoms with van der Waals surface area (Å²) < 4.78 is 21.2. The van der Waals surface area contributed by atoms with Gasteiger partial charge in [-0.15, -0.1) is 0 Å². The van der Waals surface area contributed by atoms with Gasteiger partial charge >= 0.3 is 5.97 Å². The van der Waals surface area contributed by atoms with Crippen molar-refractivity contribution in [2.45, 2.75) is 25.2 Å². The summed E-state index contributed by atoms with van der Waals surface area (Å²) in [5.41, 5.74) is 2.35. The summed E-state index contributed by atoms with van der Waals surface area (Å²) in [5, 5.41) is 0. The molecule has 1 fully saturated rings. The molecular weight excluding hydrogens is 508 g/mol. The molecule has 7 heteroatoms. The third-order valence-electron chi connectivity index (χ3n) is 7.42. The van der Waals surface area contributed by atoms with E-state index in [4.69, 9.17) is 18.9 Å². The van der Waals surface area contributed by atoms with Crippen LogP contribution < -0.4 is 14.2 Å². The molecule has 1 aliphatic rings. The molecule has 0 unspecified atom stereocenters. The molecule has 3 aromatic carbocycles. The molecule has 0 saturated heterocycles. The van der Waals surface area contributed by atoms with Gasteiger partial charge in [-0.1, -0.05) is 42.5 Å². The number of methoxy groups -OCH3 is 3. The largest absolute Gasteiger partial charge is 0.497 e. The Morgan fingerprint density at radius 1 is 0.775 bits per heavy atom. The maximum Gasteiger partial charge on any atom is 0.317 e. The number of esters is 1. The maximum absolute atomic E-state index is 14.1. The Bertz CT molecular complexity index is 1340. The first-order valence-corrected chi connectivity index (χ1v) is 13.2. The lowest BCUT2D eigenvalue weighted by Gasteiger charge is -2.40. The summed E-state index contributed by atoms with van der Waals surface area (Å²) in [5.74, 6) is -2.02. The zero-order valence-electron chi connectivity index (χ0n) is 23.2. The Balaban J connectivity index is 1.82. The second-order valence-corrected chi connectivity index (χ2v) is 9.61. The Labute approximate surface area is 234 Å². The molecule has 3 aromatic rings. The fourth-order valence-electron chi connectivity index (χ4n) is 5.42. The molecule has 4 atom stereocenters. The van der Waals surface area contributed by atoms with Gasteiger partial charge in [-0.2, -0.15) is 0 Å². The van der Waals surface area contributed by atoms with Gasteiger partial charge in [0.1, 0.15) is 28.9 Å². The van der Waals surface area contributed by atoms with E-state index >= 15 is 0 Å². The van der Waals surface area contributed by atoms with Gasteiger partial charge in [-0.25, -0.2) is 0 Å². The zero-order valence-corrected chi connectivity index (χ0v) is 23.2. The summed E-state index contributed by atoms with van der Waals surface area (Å²) in [4.78, 5) is 41.0. The van der Waals surface area contributed by atoms with Crippen molar-refractivity contribution in [2.24, 2.45) is 11.8 Å². The number of carbonyl (C=O) groups excluding carboxylic acids is 3. The second kappa shape index (κ2) is 13.1. The van der Waals surface area contributed by atoms with E-state index < -0.39 is 29.6 Å². The summed E-state index contributed by atoms with van der Waals surface area (Å²) in [6.45, 7) is 1.84. The van der Waals surface area contributed by atoms with Crippen molar-refractivity contribution in [1.29, 1.82) is 0 Å². The van der Waals surface area contributed by atoms with Gasteiger partial charge in [0.25, 0.3) is 0 Å². The van der Waals surface area contributed by atoms with Gasteiger partial charge in [0.05, 0.1) is 27.9 Å². The Hall–Kier alpha value is -4.39. The monoisotopic (exact) mass is 542 g/mol. The molecule has 1 saturated carbocycles. The molecular formula is C33H34O7. The number of benzene rings is 3. The fourth-order valence-corrected chi connectivity index (χ4v) is 5.42. The molecule has 40 heavy (non-hydrogen) atoms. The first-order valence-electron chi connectivity index (χ1n) is 13.2. The van der Waals surface area contributed by atoms with Crippen LogP contribution in [0, 0.1) is 11.8 Å². The highest BCUT2D eigenvalue weighted by atomic mass is 16.5. The number of hydrogen-bond acceptors (Lipinski definition) is 7. The molecule has 1 aliphatic carbocycles. The van der Waals surface area contributed by atoms with Crippen LogP contribution in [-0.2, 0) is 19.1 Å². The first kappa shape index (κ1) is 28.6. The van der Waals surface area contributed by atoms with Crippen LogP contribution in [0.15, 0.2) is 78.9 Å². The van der Waals surface area contributed by atoms with Gasteiger partial charge in [-0.05, 0) is 66.1 Å². The number of ketones is 2. The molecule has 0 aromatic heterocycles. The van der Waals surface area contributed by atoms with Crippen LogP contribution in [0.2, 0.25) is 0 Å². The predicted octanol–water partition coefficient (Wildman–Crippen LogP) is 5.63. The Kier molecular flexibility index (Phi) is 9.38. The van der Waals surface area contributed by atoms with E-state index in [1.54, 1.807) is 46.5 Å². The van der Waals surface area contributed by atoms with Gasteiger partial charge in [-0.3, -0.25) is 14.4 Å². The predicted molar refractivity (Wildman–Crippen MR) is 152 cm³/mol. The highest BCUT2D eigenvalue weighted by molar-refractivity contribution is 6.05. The van der Waals surface area contributed by atoms with Gasteiger partial charge in [0, 0.05) is 24.2 Å². The van der Waals surface area contributed by atoms with Gasteiger partial charge in [0.15, 0.2) is 5.78 Å². The summed E-state index contributed by atoms with van der Waals surface area (Å²) in [6, 6.07) is 21.9. The van der Waals surface area contributed by atoms with Crippen molar-refractivity contribution in [3.8, 4) is 17.2 Å². The highest BCUT2D eigenvalue weighted by Crippen LogP contribution is 2.49. The molecule has 7 nitrogen and oxygen atoms in total. The summed E-state index contributed by atoms with van der Waals surface area (Å²) in [7, 11) is 4.74. The molecule has 0 amide bonds. The molecule has 4 rings (SSSR count). The minimum absolute atomic E-state index is 0.0370. The van der Waals surface area contributed by atoms with Crippen molar-refractivity contribution < 1.29 is 33.3 Å². The molecule has 0 radical (unpaired) electrons. The number of carbonyl (C=O) groups is 3. The third-order valence-corrected chi connectivity index (χ3v) is 7.42. The number of allylic oxidation sites excluding steroid dienone is 1. The highest BCUT2D eigenvalue weighted by Gasteiger charge is 2.51. The summed E-state index contributed by atoms with van der Waals surface area (Å²) >= 11 is 0. The van der Waals surface area contributed by atoms with E-state index in [2.05, 4.69) is 0 Å². The van der Waals surface area contributed by atoms with Crippen molar-refractivity contribution in [3.05, 3.63) is 95.6 Å². The quantitative estimate of drug-likeness (QED) is 0.186. The summed E-state index contributed by atoms with van der Waals surface area (Å²) in [6.07, 6.45) is 3.32. The van der Waals surface area contributed by atoms with Crippen molar-refractivity contribution in [3.63, 3.8) is 0 Å². The van der Waals surface area contributed by atoms with E-state index in [0.717, 1.165) is 11.1 Å². The molecule has 208 valence electrons. The van der Waals surface area contributed by atoms with Crippen LogP contribution in [-0.4, -0.2) is 45.5 Å². The Morgan fingerprint density at radius 3 is 1.77 bits per heavy atom. The van der Waals surface area contributed by atoms with E-state index in [1.807, 2.05) is 60.7 Å². The number of hydrogen-bond donors (Lipinski definition) is 0. The minimum Gasteiger partial charge on any atom is -0.497 e. The van der Waals surface area contributed by atoms with E-state index in [1.165, 1.54) is 6.08 Å². The van der Waals surface area contributed by atoms with Gasteiger partial charge < -0.3 is 18.9 Å². The van der Waals surface area contributed by atoms with Crippen LogP contribution in [0.5, 0.6) is 17.2 Å².